The van der Waals surface area contributed by atoms with Gasteiger partial charge in [-0.3, -0.25) is 0 Å². The van der Waals surface area contributed by atoms with Gasteiger partial charge in [-0.05, 0) is 6.07 Å². The second-order valence-electron chi connectivity index (χ2n) is 4.23. The van der Waals surface area contributed by atoms with E-state index in [1.165, 1.54) is 19.5 Å². The Kier molecular flexibility index (Phi) is 2.94. The summed E-state index contributed by atoms with van der Waals surface area (Å²) in [5, 5.41) is 0. The first kappa shape index (κ1) is 12.3. The molecule has 0 saturated carbocycles. The van der Waals surface area contributed by atoms with Gasteiger partial charge in [0, 0.05) is 18.3 Å². The zero-order valence-corrected chi connectivity index (χ0v) is 10.7. The Bertz CT molecular complexity index is 756. The minimum atomic E-state index is -0.466. The summed E-state index contributed by atoms with van der Waals surface area (Å²) in [5.41, 5.74) is 7.85. The van der Waals surface area contributed by atoms with Crippen molar-refractivity contribution in [2.45, 2.75) is 6.54 Å². The van der Waals surface area contributed by atoms with E-state index in [0.29, 0.717) is 23.5 Å². The molecule has 6 nitrogen and oxygen atoms in total. The largest absolute Gasteiger partial charge is 0.494 e. The highest BCUT2D eigenvalue weighted by Gasteiger charge is 2.13. The number of methoxy groups -OCH3 is 1. The van der Waals surface area contributed by atoms with Gasteiger partial charge in [-0.1, -0.05) is 0 Å². The van der Waals surface area contributed by atoms with Crippen molar-refractivity contribution in [2.75, 3.05) is 12.8 Å². The maximum Gasteiger partial charge on any atom is 0.201 e. The van der Waals surface area contributed by atoms with E-state index in [1.54, 1.807) is 22.9 Å². The van der Waals surface area contributed by atoms with Crippen LogP contribution in [0.1, 0.15) is 5.69 Å². The first-order valence-corrected chi connectivity index (χ1v) is 5.93. The fourth-order valence-electron chi connectivity index (χ4n) is 2.04. The second-order valence-corrected chi connectivity index (χ2v) is 4.23. The Morgan fingerprint density at radius 3 is 2.95 bits per heavy atom. The van der Waals surface area contributed by atoms with E-state index in [-0.39, 0.29) is 5.75 Å². The predicted molar refractivity (Wildman–Crippen MR) is 71.8 cm³/mol. The number of ether oxygens (including phenoxy) is 1. The summed E-state index contributed by atoms with van der Waals surface area (Å²) >= 11 is 0. The summed E-state index contributed by atoms with van der Waals surface area (Å²) in [6, 6.07) is 4.67. The van der Waals surface area contributed by atoms with E-state index in [4.69, 9.17) is 10.5 Å². The Balaban J connectivity index is 2.12. The number of hydrogen-bond acceptors (Lipinski definition) is 5. The maximum absolute atomic E-state index is 13.7. The van der Waals surface area contributed by atoms with Crippen LogP contribution in [0.2, 0.25) is 0 Å². The van der Waals surface area contributed by atoms with Gasteiger partial charge in [-0.2, -0.15) is 0 Å². The van der Waals surface area contributed by atoms with Crippen molar-refractivity contribution in [1.29, 1.82) is 0 Å². The molecule has 7 heteroatoms. The van der Waals surface area contributed by atoms with Crippen LogP contribution in [-0.2, 0) is 6.54 Å². The number of nitrogens with two attached hydrogens (primary N) is 1. The summed E-state index contributed by atoms with van der Waals surface area (Å²) in [6.45, 7) is 0.430. The van der Waals surface area contributed by atoms with Gasteiger partial charge in [0.2, 0.25) is 5.95 Å². The van der Waals surface area contributed by atoms with Crippen molar-refractivity contribution < 1.29 is 9.13 Å². The van der Waals surface area contributed by atoms with E-state index in [2.05, 4.69) is 15.0 Å². The minimum absolute atomic E-state index is 0.154. The minimum Gasteiger partial charge on any atom is -0.494 e. The normalized spacial score (nSPS) is 10.9. The third kappa shape index (κ3) is 2.03. The Hall–Kier alpha value is -2.70. The van der Waals surface area contributed by atoms with E-state index in [1.807, 2.05) is 0 Å². The van der Waals surface area contributed by atoms with Crippen molar-refractivity contribution in [3.63, 3.8) is 0 Å². The van der Waals surface area contributed by atoms with Crippen molar-refractivity contribution in [2.24, 2.45) is 0 Å². The molecule has 2 aromatic heterocycles. The molecule has 0 spiro atoms. The SMILES string of the molecule is COc1cc2c(cc1F)nc(N)n2Cc1ccncn1. The van der Waals surface area contributed by atoms with Crippen LogP contribution in [-0.4, -0.2) is 26.6 Å². The summed E-state index contributed by atoms with van der Waals surface area (Å²) in [4.78, 5) is 12.1. The zero-order valence-electron chi connectivity index (χ0n) is 10.7. The molecule has 0 fully saturated rings. The number of hydrogen-bond donors (Lipinski definition) is 1. The van der Waals surface area contributed by atoms with Gasteiger partial charge in [-0.15, -0.1) is 0 Å². The zero-order chi connectivity index (χ0) is 14.1. The highest BCUT2D eigenvalue weighted by molar-refractivity contribution is 5.80. The van der Waals surface area contributed by atoms with Gasteiger partial charge < -0.3 is 15.0 Å². The molecule has 0 aliphatic rings. The molecule has 3 aromatic rings. The van der Waals surface area contributed by atoms with E-state index in [9.17, 15) is 4.39 Å². The molecule has 3 rings (SSSR count). The molecule has 0 bridgehead atoms. The van der Waals surface area contributed by atoms with Gasteiger partial charge in [0.15, 0.2) is 11.6 Å². The van der Waals surface area contributed by atoms with Crippen LogP contribution in [0.15, 0.2) is 30.7 Å². The standard InChI is InChI=1S/C13H12FN5O/c1-20-12-5-11-10(4-9(12)14)18-13(15)19(11)6-8-2-3-16-7-17-8/h2-5,7H,6H2,1H3,(H2,15,18). The fourth-order valence-corrected chi connectivity index (χ4v) is 2.04. The first-order chi connectivity index (χ1) is 9.69. The van der Waals surface area contributed by atoms with Gasteiger partial charge >= 0.3 is 0 Å². The molecule has 0 aliphatic carbocycles. The van der Waals surface area contributed by atoms with Crippen LogP contribution in [0.4, 0.5) is 10.3 Å². The van der Waals surface area contributed by atoms with Gasteiger partial charge in [0.25, 0.3) is 0 Å². The van der Waals surface area contributed by atoms with Crippen molar-refractivity contribution >= 4 is 17.0 Å². The van der Waals surface area contributed by atoms with Crippen LogP contribution in [0.5, 0.6) is 5.75 Å². The molecule has 0 radical (unpaired) electrons. The number of halogens is 1. The van der Waals surface area contributed by atoms with Crippen molar-refractivity contribution in [3.05, 3.63) is 42.2 Å². The van der Waals surface area contributed by atoms with Crippen LogP contribution >= 0.6 is 0 Å². The fraction of sp³-hybridized carbons (Fsp3) is 0.154. The smallest absolute Gasteiger partial charge is 0.201 e. The van der Waals surface area contributed by atoms with E-state index in [0.717, 1.165) is 5.69 Å². The summed E-state index contributed by atoms with van der Waals surface area (Å²) in [7, 11) is 1.42. The van der Waals surface area contributed by atoms with Crippen molar-refractivity contribution in [1.82, 2.24) is 19.5 Å². The summed E-state index contributed by atoms with van der Waals surface area (Å²) in [5.74, 6) is -0.0145. The number of nitrogens with zero attached hydrogens (tertiary/aromatic N) is 4. The topological polar surface area (TPSA) is 78.9 Å². The van der Waals surface area contributed by atoms with E-state index < -0.39 is 5.82 Å². The number of aromatic nitrogens is 4. The Labute approximate surface area is 114 Å². The van der Waals surface area contributed by atoms with Gasteiger partial charge in [0.1, 0.15) is 6.33 Å². The van der Waals surface area contributed by atoms with Crippen molar-refractivity contribution in [3.8, 4) is 5.75 Å². The number of imidazole rings is 1. The quantitative estimate of drug-likeness (QED) is 0.784. The lowest BCUT2D eigenvalue weighted by molar-refractivity contribution is 0.387. The highest BCUT2D eigenvalue weighted by atomic mass is 19.1. The molecule has 20 heavy (non-hydrogen) atoms. The third-order valence-corrected chi connectivity index (χ3v) is 3.01. The highest BCUT2D eigenvalue weighted by Crippen LogP contribution is 2.26. The molecule has 0 aliphatic heterocycles. The Morgan fingerprint density at radius 1 is 1.40 bits per heavy atom. The number of benzene rings is 1. The molecule has 0 unspecified atom stereocenters. The number of anilines is 1. The molecular formula is C13H12FN5O. The average Bonchev–Trinajstić information content (AvgIpc) is 2.74. The van der Waals surface area contributed by atoms with Crippen LogP contribution in [0, 0.1) is 5.82 Å². The molecule has 102 valence electrons. The predicted octanol–water partition coefficient (Wildman–Crippen LogP) is 1.60. The molecule has 1 aromatic carbocycles. The monoisotopic (exact) mass is 273 g/mol. The summed E-state index contributed by atoms with van der Waals surface area (Å²) in [6.07, 6.45) is 3.11. The van der Waals surface area contributed by atoms with Gasteiger partial charge in [-0.25, -0.2) is 19.3 Å². The maximum atomic E-state index is 13.7. The van der Waals surface area contributed by atoms with Crippen LogP contribution in [0.3, 0.4) is 0 Å². The molecular weight excluding hydrogens is 261 g/mol. The average molecular weight is 273 g/mol. The summed E-state index contributed by atoms with van der Waals surface area (Å²) < 4.78 is 20.4. The lowest BCUT2D eigenvalue weighted by Crippen LogP contribution is -2.06. The van der Waals surface area contributed by atoms with Crippen LogP contribution in [0.25, 0.3) is 11.0 Å². The Morgan fingerprint density at radius 2 is 2.25 bits per heavy atom. The lowest BCUT2D eigenvalue weighted by Gasteiger charge is -2.07. The molecule has 0 atom stereocenters. The number of nitrogen functional groups attached to an aromatic ring is 1. The second kappa shape index (κ2) is 4.76. The number of fused-ring (bicyclic) bond motifs is 1. The van der Waals surface area contributed by atoms with Crippen LogP contribution < -0.4 is 10.5 Å². The van der Waals surface area contributed by atoms with Gasteiger partial charge in [0.05, 0.1) is 30.4 Å². The lowest BCUT2D eigenvalue weighted by atomic mass is 10.2. The number of rotatable bonds is 3. The molecule has 2 N–H and O–H groups in total. The molecule has 2 heterocycles. The first-order valence-electron chi connectivity index (χ1n) is 5.93. The third-order valence-electron chi connectivity index (χ3n) is 3.01. The molecule has 0 amide bonds. The molecule has 0 saturated heterocycles. The van der Waals surface area contributed by atoms with E-state index >= 15 is 0 Å².